The van der Waals surface area contributed by atoms with Gasteiger partial charge < -0.3 is 14.9 Å². The summed E-state index contributed by atoms with van der Waals surface area (Å²) in [7, 11) is 1.58. The first-order valence-corrected chi connectivity index (χ1v) is 4.36. The highest BCUT2D eigenvalue weighted by atomic mass is 16.6. The summed E-state index contributed by atoms with van der Waals surface area (Å²) in [6, 6.07) is 7.26. The highest BCUT2D eigenvalue weighted by molar-refractivity contribution is 5.81. The van der Waals surface area contributed by atoms with Crippen LogP contribution in [0.1, 0.15) is 5.69 Å². The zero-order valence-corrected chi connectivity index (χ0v) is 7.87. The first-order valence-electron chi connectivity index (χ1n) is 4.36. The number of fused-ring (bicyclic) bond motifs is 1. The Morgan fingerprint density at radius 2 is 2.29 bits per heavy atom. The standard InChI is InChI=1S/C10H12N2O2/c1-14-11-6-8-4-7-2-3-9(13)5-10(7)12-8/h2-5,11-13H,6H2,1H3. The van der Waals surface area contributed by atoms with E-state index in [-0.39, 0.29) is 5.75 Å². The van der Waals surface area contributed by atoms with Gasteiger partial charge in [0, 0.05) is 17.3 Å². The number of hydroxylamine groups is 1. The van der Waals surface area contributed by atoms with Crippen molar-refractivity contribution in [3.05, 3.63) is 30.0 Å². The highest BCUT2D eigenvalue weighted by Crippen LogP contribution is 2.20. The molecule has 1 aromatic heterocycles. The van der Waals surface area contributed by atoms with Crippen LogP contribution in [-0.2, 0) is 11.4 Å². The number of rotatable bonds is 3. The van der Waals surface area contributed by atoms with Gasteiger partial charge in [-0.1, -0.05) is 0 Å². The van der Waals surface area contributed by atoms with E-state index in [1.165, 1.54) is 0 Å². The van der Waals surface area contributed by atoms with E-state index >= 15 is 0 Å². The zero-order chi connectivity index (χ0) is 9.97. The maximum Gasteiger partial charge on any atom is 0.117 e. The van der Waals surface area contributed by atoms with Crippen molar-refractivity contribution in [1.29, 1.82) is 0 Å². The summed E-state index contributed by atoms with van der Waals surface area (Å²) in [5.41, 5.74) is 4.70. The number of benzene rings is 1. The third-order valence-electron chi connectivity index (χ3n) is 2.07. The van der Waals surface area contributed by atoms with Crippen LogP contribution in [0.4, 0.5) is 0 Å². The Hall–Kier alpha value is -1.52. The number of hydrogen-bond acceptors (Lipinski definition) is 3. The number of phenolic OH excluding ortho intramolecular Hbond substituents is 1. The molecule has 0 unspecified atom stereocenters. The molecule has 3 N–H and O–H groups in total. The summed E-state index contributed by atoms with van der Waals surface area (Å²) in [5, 5.41) is 10.3. The quantitative estimate of drug-likeness (QED) is 0.646. The van der Waals surface area contributed by atoms with Gasteiger partial charge in [0.05, 0.1) is 13.7 Å². The maximum atomic E-state index is 9.26. The topological polar surface area (TPSA) is 57.3 Å². The number of aromatic hydroxyl groups is 1. The summed E-state index contributed by atoms with van der Waals surface area (Å²) in [5.74, 6) is 0.269. The first kappa shape index (κ1) is 9.05. The Bertz CT molecular complexity index is 437. The molecule has 0 saturated heterocycles. The van der Waals surface area contributed by atoms with Crippen LogP contribution >= 0.6 is 0 Å². The Morgan fingerprint density at radius 3 is 3.07 bits per heavy atom. The molecule has 4 heteroatoms. The van der Waals surface area contributed by atoms with Crippen LogP contribution < -0.4 is 5.48 Å². The van der Waals surface area contributed by atoms with Crippen LogP contribution in [0.3, 0.4) is 0 Å². The van der Waals surface area contributed by atoms with Crippen molar-refractivity contribution in [1.82, 2.24) is 10.5 Å². The molecule has 0 aliphatic heterocycles. The van der Waals surface area contributed by atoms with E-state index in [1.54, 1.807) is 19.2 Å². The first-order chi connectivity index (χ1) is 6.79. The molecule has 2 rings (SSSR count). The molecule has 0 fully saturated rings. The lowest BCUT2D eigenvalue weighted by Gasteiger charge is -1.96. The Kier molecular flexibility index (Phi) is 2.39. The van der Waals surface area contributed by atoms with E-state index in [0.717, 1.165) is 16.6 Å². The predicted molar refractivity (Wildman–Crippen MR) is 53.8 cm³/mol. The molecule has 0 spiro atoms. The van der Waals surface area contributed by atoms with E-state index in [4.69, 9.17) is 4.84 Å². The van der Waals surface area contributed by atoms with E-state index in [9.17, 15) is 5.11 Å². The van der Waals surface area contributed by atoms with Crippen molar-refractivity contribution in [2.75, 3.05) is 7.11 Å². The van der Waals surface area contributed by atoms with E-state index in [1.807, 2.05) is 12.1 Å². The molecule has 74 valence electrons. The van der Waals surface area contributed by atoms with Gasteiger partial charge in [0.15, 0.2) is 0 Å². The van der Waals surface area contributed by atoms with Crippen LogP contribution in [0.15, 0.2) is 24.3 Å². The van der Waals surface area contributed by atoms with E-state index in [0.29, 0.717) is 6.54 Å². The number of aromatic nitrogens is 1. The molecule has 14 heavy (non-hydrogen) atoms. The zero-order valence-electron chi connectivity index (χ0n) is 7.87. The number of H-pyrrole nitrogens is 1. The third-order valence-corrected chi connectivity index (χ3v) is 2.07. The van der Waals surface area contributed by atoms with Crippen LogP contribution in [0.25, 0.3) is 10.9 Å². The largest absolute Gasteiger partial charge is 0.508 e. The van der Waals surface area contributed by atoms with Gasteiger partial charge in [-0.25, -0.2) is 0 Å². The fraction of sp³-hybridized carbons (Fsp3) is 0.200. The van der Waals surface area contributed by atoms with Gasteiger partial charge in [-0.05, 0) is 23.6 Å². The number of aromatic amines is 1. The minimum atomic E-state index is 0.269. The number of nitrogens with one attached hydrogen (secondary N) is 2. The summed E-state index contributed by atoms with van der Waals surface area (Å²) < 4.78 is 0. The molecular formula is C10H12N2O2. The molecule has 0 saturated carbocycles. The minimum absolute atomic E-state index is 0.269. The lowest BCUT2D eigenvalue weighted by molar-refractivity contribution is 0.0860. The molecule has 0 bridgehead atoms. The normalized spacial score (nSPS) is 10.9. The molecule has 0 aliphatic carbocycles. The van der Waals surface area contributed by atoms with Crippen LogP contribution in [0.5, 0.6) is 5.75 Å². The smallest absolute Gasteiger partial charge is 0.117 e. The summed E-state index contributed by atoms with van der Waals surface area (Å²) >= 11 is 0. The monoisotopic (exact) mass is 192 g/mol. The molecule has 0 aliphatic rings. The van der Waals surface area contributed by atoms with Crippen LogP contribution in [0.2, 0.25) is 0 Å². The predicted octanol–water partition coefficient (Wildman–Crippen LogP) is 1.52. The Labute approximate surface area is 81.5 Å². The second-order valence-electron chi connectivity index (χ2n) is 3.09. The number of hydrogen-bond donors (Lipinski definition) is 3. The molecule has 1 aromatic carbocycles. The molecular weight excluding hydrogens is 180 g/mol. The van der Waals surface area contributed by atoms with Gasteiger partial charge in [-0.15, -0.1) is 0 Å². The van der Waals surface area contributed by atoms with E-state index in [2.05, 4.69) is 10.5 Å². The second kappa shape index (κ2) is 3.69. The van der Waals surface area contributed by atoms with Crippen molar-refractivity contribution >= 4 is 10.9 Å². The average molecular weight is 192 g/mol. The fourth-order valence-electron chi connectivity index (χ4n) is 1.42. The molecule has 0 amide bonds. The Morgan fingerprint density at radius 1 is 1.43 bits per heavy atom. The van der Waals surface area contributed by atoms with Gasteiger partial charge in [0.25, 0.3) is 0 Å². The minimum Gasteiger partial charge on any atom is -0.508 e. The summed E-state index contributed by atoms with van der Waals surface area (Å²) in [6.45, 7) is 0.617. The third kappa shape index (κ3) is 1.71. The number of phenols is 1. The van der Waals surface area contributed by atoms with Gasteiger partial charge >= 0.3 is 0 Å². The van der Waals surface area contributed by atoms with Crippen LogP contribution in [0, 0.1) is 0 Å². The SMILES string of the molecule is CONCc1cc2ccc(O)cc2[nH]1. The second-order valence-corrected chi connectivity index (χ2v) is 3.09. The lowest BCUT2D eigenvalue weighted by atomic mass is 10.2. The summed E-state index contributed by atoms with van der Waals surface area (Å²) in [4.78, 5) is 7.91. The van der Waals surface area contributed by atoms with Crippen molar-refractivity contribution < 1.29 is 9.94 Å². The maximum absolute atomic E-state index is 9.26. The molecule has 2 aromatic rings. The highest BCUT2D eigenvalue weighted by Gasteiger charge is 2.00. The van der Waals surface area contributed by atoms with Gasteiger partial charge in [0.2, 0.25) is 0 Å². The molecule has 0 radical (unpaired) electrons. The average Bonchev–Trinajstić information content (AvgIpc) is 2.56. The molecule has 1 heterocycles. The fourth-order valence-corrected chi connectivity index (χ4v) is 1.42. The van der Waals surface area contributed by atoms with Crippen molar-refractivity contribution in [3.63, 3.8) is 0 Å². The summed E-state index contributed by atoms with van der Waals surface area (Å²) in [6.07, 6.45) is 0. The molecule has 4 nitrogen and oxygen atoms in total. The van der Waals surface area contributed by atoms with Gasteiger partial charge in [0.1, 0.15) is 5.75 Å². The van der Waals surface area contributed by atoms with Gasteiger partial charge in [-0.3, -0.25) is 0 Å². The lowest BCUT2D eigenvalue weighted by Crippen LogP contribution is -2.10. The molecule has 0 atom stereocenters. The van der Waals surface area contributed by atoms with Crippen molar-refractivity contribution in [3.8, 4) is 5.75 Å². The van der Waals surface area contributed by atoms with E-state index < -0.39 is 0 Å². The van der Waals surface area contributed by atoms with Crippen molar-refractivity contribution in [2.24, 2.45) is 0 Å². The van der Waals surface area contributed by atoms with Gasteiger partial charge in [-0.2, -0.15) is 5.48 Å². The van der Waals surface area contributed by atoms with Crippen LogP contribution in [-0.4, -0.2) is 17.2 Å². The van der Waals surface area contributed by atoms with Crippen molar-refractivity contribution in [2.45, 2.75) is 6.54 Å². The Balaban J connectivity index is 2.32.